The summed E-state index contributed by atoms with van der Waals surface area (Å²) in [6, 6.07) is 7.34. The van der Waals surface area contributed by atoms with Gasteiger partial charge in [-0.05, 0) is 31.2 Å². The molecule has 21 heavy (non-hydrogen) atoms. The number of thioether (sulfide) groups is 1. The predicted molar refractivity (Wildman–Crippen MR) is 80.5 cm³/mol. The van der Waals surface area contributed by atoms with Crippen LogP contribution in [0.4, 0.5) is 0 Å². The highest BCUT2D eigenvalue weighted by atomic mass is 32.2. The number of benzene rings is 1. The number of nitrogens with one attached hydrogen (secondary N) is 1. The minimum atomic E-state index is -1.38. The number of carbonyl (C=O) groups excluding carboxylic acids is 1. The summed E-state index contributed by atoms with van der Waals surface area (Å²) in [6.07, 6.45) is 0. The Morgan fingerprint density at radius 3 is 2.24 bits per heavy atom. The van der Waals surface area contributed by atoms with Crippen LogP contribution in [-0.2, 0) is 4.79 Å². The van der Waals surface area contributed by atoms with Crippen LogP contribution in [0.25, 0.3) is 0 Å². The summed E-state index contributed by atoms with van der Waals surface area (Å²) in [4.78, 5) is 12.7. The Labute approximate surface area is 128 Å². The average Bonchev–Trinajstić information content (AvgIpc) is 2.52. The van der Waals surface area contributed by atoms with Gasteiger partial charge in [0.25, 0.3) is 0 Å². The molecule has 1 rings (SSSR count). The lowest BCUT2D eigenvalue weighted by Crippen LogP contribution is -2.57. The van der Waals surface area contributed by atoms with Crippen molar-refractivity contribution < 1.29 is 24.9 Å². The second-order valence-corrected chi connectivity index (χ2v) is 5.54. The van der Waals surface area contributed by atoms with Crippen LogP contribution in [0.1, 0.15) is 6.92 Å². The molecule has 0 radical (unpaired) electrons. The van der Waals surface area contributed by atoms with Gasteiger partial charge in [0.05, 0.1) is 32.2 Å². The first kappa shape index (κ1) is 17.8. The van der Waals surface area contributed by atoms with Gasteiger partial charge in [-0.25, -0.2) is 0 Å². The largest absolute Gasteiger partial charge is 0.494 e. The molecule has 6 nitrogen and oxygen atoms in total. The second kappa shape index (κ2) is 8.89. The summed E-state index contributed by atoms with van der Waals surface area (Å²) < 4.78 is 5.32. The van der Waals surface area contributed by atoms with Crippen molar-refractivity contribution in [3.8, 4) is 5.75 Å². The summed E-state index contributed by atoms with van der Waals surface area (Å²) in [6.45, 7) is 0.918. The zero-order chi connectivity index (χ0) is 15.7. The third-order valence-corrected chi connectivity index (χ3v) is 3.83. The zero-order valence-electron chi connectivity index (χ0n) is 11.9. The molecule has 0 bridgehead atoms. The maximum Gasteiger partial charge on any atom is 0.231 e. The van der Waals surface area contributed by atoms with Gasteiger partial charge in [-0.15, -0.1) is 11.8 Å². The van der Waals surface area contributed by atoms with E-state index in [1.165, 1.54) is 11.8 Å². The molecule has 0 aliphatic heterocycles. The molecule has 1 aromatic rings. The van der Waals surface area contributed by atoms with Crippen molar-refractivity contribution in [3.05, 3.63) is 24.3 Å². The monoisotopic (exact) mass is 315 g/mol. The van der Waals surface area contributed by atoms with Crippen molar-refractivity contribution in [2.75, 3.05) is 32.2 Å². The number of carbonyl (C=O) groups is 1. The number of aliphatic hydroxyl groups is 3. The van der Waals surface area contributed by atoms with E-state index in [1.54, 1.807) is 0 Å². The Bertz CT molecular complexity index is 425. The molecule has 1 aromatic carbocycles. The van der Waals surface area contributed by atoms with Gasteiger partial charge in [-0.3, -0.25) is 4.79 Å². The van der Waals surface area contributed by atoms with E-state index in [2.05, 4.69) is 5.32 Å². The van der Waals surface area contributed by atoms with Crippen molar-refractivity contribution in [2.45, 2.75) is 17.4 Å². The van der Waals surface area contributed by atoms with Crippen LogP contribution >= 0.6 is 11.8 Å². The fourth-order valence-electron chi connectivity index (χ4n) is 1.55. The molecule has 0 heterocycles. The first-order chi connectivity index (χ1) is 10.1. The van der Waals surface area contributed by atoms with E-state index in [9.17, 15) is 4.79 Å². The quantitative estimate of drug-likeness (QED) is 0.479. The van der Waals surface area contributed by atoms with Gasteiger partial charge in [0.15, 0.2) is 0 Å². The smallest absolute Gasteiger partial charge is 0.231 e. The van der Waals surface area contributed by atoms with Crippen LogP contribution < -0.4 is 10.1 Å². The third kappa shape index (κ3) is 5.55. The van der Waals surface area contributed by atoms with Crippen LogP contribution in [0.3, 0.4) is 0 Å². The maximum atomic E-state index is 11.8. The highest BCUT2D eigenvalue weighted by Crippen LogP contribution is 2.21. The van der Waals surface area contributed by atoms with Crippen LogP contribution in [0.15, 0.2) is 29.2 Å². The van der Waals surface area contributed by atoms with Gasteiger partial charge in [-0.2, -0.15) is 0 Å². The Hall–Kier alpha value is -1.28. The van der Waals surface area contributed by atoms with Gasteiger partial charge in [0, 0.05) is 4.90 Å². The molecule has 4 N–H and O–H groups in total. The Morgan fingerprint density at radius 1 is 1.19 bits per heavy atom. The lowest BCUT2D eigenvalue weighted by atomic mass is 10.0. The number of amides is 1. The molecule has 0 unspecified atom stereocenters. The van der Waals surface area contributed by atoms with Crippen molar-refractivity contribution in [2.24, 2.45) is 0 Å². The lowest BCUT2D eigenvalue weighted by Gasteiger charge is -2.28. The van der Waals surface area contributed by atoms with E-state index >= 15 is 0 Å². The Morgan fingerprint density at radius 2 is 1.76 bits per heavy atom. The first-order valence-corrected chi connectivity index (χ1v) is 7.57. The van der Waals surface area contributed by atoms with E-state index in [1.807, 2.05) is 31.2 Å². The minimum Gasteiger partial charge on any atom is -0.494 e. The number of rotatable bonds is 9. The van der Waals surface area contributed by atoms with Gasteiger partial charge in [0.1, 0.15) is 11.3 Å². The molecule has 0 saturated carbocycles. The lowest BCUT2D eigenvalue weighted by molar-refractivity contribution is -0.122. The van der Waals surface area contributed by atoms with E-state index in [0.717, 1.165) is 10.6 Å². The highest BCUT2D eigenvalue weighted by molar-refractivity contribution is 8.00. The van der Waals surface area contributed by atoms with Gasteiger partial charge < -0.3 is 25.4 Å². The second-order valence-electron chi connectivity index (χ2n) is 4.50. The van der Waals surface area contributed by atoms with Crippen molar-refractivity contribution in [1.29, 1.82) is 0 Å². The zero-order valence-corrected chi connectivity index (χ0v) is 12.7. The summed E-state index contributed by atoms with van der Waals surface area (Å²) in [5.41, 5.74) is -1.38. The molecule has 0 fully saturated rings. The number of hydrogen-bond acceptors (Lipinski definition) is 6. The molecule has 7 heteroatoms. The standard InChI is InChI=1S/C14H21NO5S/c1-2-20-11-3-5-12(6-4-11)21-7-13(19)15-14(8-16,9-17)10-18/h3-6,16-18H,2,7-10H2,1H3,(H,15,19). The van der Waals surface area contributed by atoms with Gasteiger partial charge in [0.2, 0.25) is 5.91 Å². The summed E-state index contributed by atoms with van der Waals surface area (Å²) >= 11 is 1.31. The minimum absolute atomic E-state index is 0.121. The third-order valence-electron chi connectivity index (χ3n) is 2.82. The number of aliphatic hydroxyl groups excluding tert-OH is 3. The number of ether oxygens (including phenoxy) is 1. The molecule has 0 spiro atoms. The highest BCUT2D eigenvalue weighted by Gasteiger charge is 2.29. The molecule has 0 atom stereocenters. The van der Waals surface area contributed by atoms with Crippen LogP contribution in [-0.4, -0.2) is 58.9 Å². The van der Waals surface area contributed by atoms with Crippen molar-refractivity contribution in [1.82, 2.24) is 5.32 Å². The molecule has 118 valence electrons. The first-order valence-electron chi connectivity index (χ1n) is 6.58. The van der Waals surface area contributed by atoms with E-state index in [4.69, 9.17) is 20.1 Å². The predicted octanol–water partition coefficient (Wildman–Crippen LogP) is 0.00930. The summed E-state index contributed by atoms with van der Waals surface area (Å²) in [5, 5.41) is 29.9. The normalized spacial score (nSPS) is 11.2. The fraction of sp³-hybridized carbons (Fsp3) is 0.500. The van der Waals surface area contributed by atoms with Gasteiger partial charge in [-0.1, -0.05) is 0 Å². The van der Waals surface area contributed by atoms with Crippen LogP contribution in [0.5, 0.6) is 5.75 Å². The van der Waals surface area contributed by atoms with Crippen molar-refractivity contribution in [3.63, 3.8) is 0 Å². The fourth-order valence-corrected chi connectivity index (χ4v) is 2.25. The molecular weight excluding hydrogens is 294 g/mol. The molecule has 0 aliphatic rings. The van der Waals surface area contributed by atoms with Crippen molar-refractivity contribution >= 4 is 17.7 Å². The molecular formula is C14H21NO5S. The topological polar surface area (TPSA) is 99.0 Å². The van der Waals surface area contributed by atoms with E-state index in [-0.39, 0.29) is 11.7 Å². The summed E-state index contributed by atoms with van der Waals surface area (Å²) in [5.74, 6) is 0.521. The molecule has 1 amide bonds. The maximum absolute atomic E-state index is 11.8. The number of hydrogen-bond donors (Lipinski definition) is 4. The average molecular weight is 315 g/mol. The van der Waals surface area contributed by atoms with E-state index < -0.39 is 25.4 Å². The molecule has 0 aromatic heterocycles. The van der Waals surface area contributed by atoms with E-state index in [0.29, 0.717) is 6.61 Å². The Kier molecular flexibility index (Phi) is 7.52. The SMILES string of the molecule is CCOc1ccc(SCC(=O)NC(CO)(CO)CO)cc1. The molecule has 0 saturated heterocycles. The Balaban J connectivity index is 2.49. The van der Waals surface area contributed by atoms with Crippen LogP contribution in [0.2, 0.25) is 0 Å². The van der Waals surface area contributed by atoms with Gasteiger partial charge >= 0.3 is 0 Å². The van der Waals surface area contributed by atoms with Crippen LogP contribution in [0, 0.1) is 0 Å². The molecule has 0 aliphatic carbocycles. The summed E-state index contributed by atoms with van der Waals surface area (Å²) in [7, 11) is 0.